The molecule has 0 saturated heterocycles. The molecular weight excluding hydrogens is 298 g/mol. The average molecular weight is 306 g/mol. The molecule has 0 unspecified atom stereocenters. The Morgan fingerprint density at radius 3 is 1.64 bits per heavy atom. The fraction of sp³-hybridized carbons (Fsp3) is 0. The Balaban J connectivity index is 2.16. The molecule has 0 aliphatic heterocycles. The van der Waals surface area contributed by atoms with Crippen LogP contribution in [0.5, 0.6) is 0 Å². The molecule has 2 aromatic rings. The third-order valence-corrected chi connectivity index (χ3v) is 9.99. The molecule has 0 aliphatic rings. The van der Waals surface area contributed by atoms with Crippen molar-refractivity contribution in [1.82, 2.24) is 9.97 Å². The summed E-state index contributed by atoms with van der Waals surface area (Å²) in [5, 5.41) is 0. The van der Waals surface area contributed by atoms with Gasteiger partial charge in [-0.15, -0.1) is 0 Å². The van der Waals surface area contributed by atoms with Crippen molar-refractivity contribution in [3.8, 4) is 0 Å². The van der Waals surface area contributed by atoms with Crippen LogP contribution < -0.4 is 8.70 Å². The van der Waals surface area contributed by atoms with Crippen molar-refractivity contribution in [2.75, 3.05) is 0 Å². The van der Waals surface area contributed by atoms with Crippen LogP contribution in [0.4, 0.5) is 0 Å². The molecule has 0 aliphatic carbocycles. The quantitative estimate of drug-likeness (QED) is 0.715. The Labute approximate surface area is 93.7 Å². The van der Waals surface area contributed by atoms with E-state index in [2.05, 4.69) is 22.1 Å². The zero-order valence-corrected chi connectivity index (χ0v) is 11.2. The molecule has 0 bridgehead atoms. The van der Waals surface area contributed by atoms with Crippen molar-refractivity contribution < 1.29 is 0 Å². The van der Waals surface area contributed by atoms with Gasteiger partial charge in [-0.05, 0) is 0 Å². The fourth-order valence-electron chi connectivity index (χ4n) is 0.941. The molecule has 0 aromatic carbocycles. The molecule has 0 spiro atoms. The van der Waals surface area contributed by atoms with E-state index in [-0.39, 0.29) is 26.3 Å². The molecule has 68 valence electrons. The monoisotopic (exact) mass is 306 g/mol. The second-order valence-electron chi connectivity index (χ2n) is 2.62. The fourth-order valence-corrected chi connectivity index (χ4v) is 7.66. The third kappa shape index (κ3) is 2.97. The van der Waals surface area contributed by atoms with Crippen molar-refractivity contribution in [2.45, 2.75) is 0 Å². The SMILES string of the molecule is c1cncc([As]=[As]c2cccnc2)c1. The summed E-state index contributed by atoms with van der Waals surface area (Å²) in [5.41, 5.74) is 0. The topological polar surface area (TPSA) is 25.8 Å². The maximum absolute atomic E-state index is 4.12. The predicted molar refractivity (Wildman–Crippen MR) is 59.3 cm³/mol. The first-order valence-corrected chi connectivity index (χ1v) is 11.2. The first-order valence-electron chi connectivity index (χ1n) is 4.17. The van der Waals surface area contributed by atoms with Gasteiger partial charge in [0.1, 0.15) is 0 Å². The maximum atomic E-state index is 4.12. The van der Waals surface area contributed by atoms with E-state index in [1.54, 1.807) is 0 Å². The molecule has 2 aromatic heterocycles. The summed E-state index contributed by atoms with van der Waals surface area (Å²) in [6, 6.07) is 8.35. The van der Waals surface area contributed by atoms with Gasteiger partial charge in [0.25, 0.3) is 0 Å². The second kappa shape index (κ2) is 5.34. The molecule has 0 N–H and O–H groups in total. The van der Waals surface area contributed by atoms with Crippen molar-refractivity contribution in [3.05, 3.63) is 49.1 Å². The van der Waals surface area contributed by atoms with E-state index >= 15 is 0 Å². The van der Waals surface area contributed by atoms with Gasteiger partial charge in [0, 0.05) is 0 Å². The van der Waals surface area contributed by atoms with Gasteiger partial charge in [-0.3, -0.25) is 0 Å². The zero-order valence-electron chi connectivity index (χ0n) is 7.41. The van der Waals surface area contributed by atoms with E-state index < -0.39 is 0 Å². The number of nitrogens with zero attached hydrogens (tertiary/aromatic N) is 2. The van der Waals surface area contributed by atoms with Gasteiger partial charge in [0.15, 0.2) is 0 Å². The number of rotatable bonds is 2. The van der Waals surface area contributed by atoms with Gasteiger partial charge in [-0.2, -0.15) is 0 Å². The van der Waals surface area contributed by atoms with Gasteiger partial charge in [0.05, 0.1) is 0 Å². The van der Waals surface area contributed by atoms with Crippen LogP contribution in [0.15, 0.2) is 49.1 Å². The Kier molecular flexibility index (Phi) is 3.79. The molecule has 0 amide bonds. The summed E-state index contributed by atoms with van der Waals surface area (Å²) in [5.74, 6) is 0. The Morgan fingerprint density at radius 1 is 0.786 bits per heavy atom. The number of hydrogen-bond donors (Lipinski definition) is 0. The van der Waals surface area contributed by atoms with Gasteiger partial charge in [0.2, 0.25) is 0 Å². The van der Waals surface area contributed by atoms with E-state index in [0.717, 1.165) is 0 Å². The Hall–Kier alpha value is -0.583. The van der Waals surface area contributed by atoms with E-state index in [1.807, 2.05) is 36.9 Å². The minimum absolute atomic E-state index is 0.284. The van der Waals surface area contributed by atoms with Crippen LogP contribution >= 0.6 is 0 Å². The zero-order chi connectivity index (χ0) is 9.64. The summed E-state index contributed by atoms with van der Waals surface area (Å²) in [6.45, 7) is 0. The Bertz CT molecular complexity index is 373. The van der Waals surface area contributed by atoms with Crippen LogP contribution in [0.25, 0.3) is 0 Å². The molecular formula is C10H8As2N2. The van der Waals surface area contributed by atoms with Crippen LogP contribution in [0.2, 0.25) is 0 Å². The van der Waals surface area contributed by atoms with Crippen LogP contribution in [0, 0.1) is 0 Å². The van der Waals surface area contributed by atoms with E-state index in [9.17, 15) is 0 Å². The summed E-state index contributed by atoms with van der Waals surface area (Å²) >= 11 is 0.569. The molecule has 2 heterocycles. The molecule has 14 heavy (non-hydrogen) atoms. The molecule has 0 atom stereocenters. The van der Waals surface area contributed by atoms with Crippen molar-refractivity contribution in [1.29, 1.82) is 0 Å². The number of pyridine rings is 2. The van der Waals surface area contributed by atoms with Gasteiger partial charge in [-0.25, -0.2) is 0 Å². The van der Waals surface area contributed by atoms with Crippen LogP contribution in [0.3, 0.4) is 0 Å². The summed E-state index contributed by atoms with van der Waals surface area (Å²) < 4.78 is 2.82. The van der Waals surface area contributed by atoms with Crippen molar-refractivity contribution in [2.24, 2.45) is 0 Å². The average Bonchev–Trinajstić information content (AvgIpc) is 2.29. The molecule has 2 rings (SSSR count). The summed E-state index contributed by atoms with van der Waals surface area (Å²) in [7, 11) is 0. The van der Waals surface area contributed by atoms with Gasteiger partial charge < -0.3 is 0 Å². The predicted octanol–water partition coefficient (Wildman–Crippen LogP) is -0.249. The first kappa shape index (κ1) is 9.95. The number of hydrogen-bond acceptors (Lipinski definition) is 2. The number of aromatic nitrogens is 2. The van der Waals surface area contributed by atoms with Gasteiger partial charge in [-0.1, -0.05) is 0 Å². The van der Waals surface area contributed by atoms with Crippen LogP contribution in [-0.4, -0.2) is 36.2 Å². The second-order valence-corrected chi connectivity index (χ2v) is 9.99. The first-order chi connectivity index (χ1) is 6.95. The molecule has 2 nitrogen and oxygen atoms in total. The molecule has 0 saturated carbocycles. The van der Waals surface area contributed by atoms with Gasteiger partial charge >= 0.3 is 94.0 Å². The summed E-state index contributed by atoms with van der Waals surface area (Å²) in [4.78, 5) is 8.24. The standard InChI is InChI=1S/C10H8As2N2/c1-3-9(7-13-5-1)11-12-10-4-2-6-14-8-10/h1-8H. The van der Waals surface area contributed by atoms with E-state index in [4.69, 9.17) is 0 Å². The minimum atomic E-state index is 0.284. The van der Waals surface area contributed by atoms with Crippen LogP contribution in [0.1, 0.15) is 0 Å². The van der Waals surface area contributed by atoms with Crippen LogP contribution in [-0.2, 0) is 0 Å². The summed E-state index contributed by atoms with van der Waals surface area (Å²) in [6.07, 6.45) is 7.61. The molecule has 0 fully saturated rings. The Morgan fingerprint density at radius 2 is 1.29 bits per heavy atom. The van der Waals surface area contributed by atoms with Crippen molar-refractivity contribution >= 4 is 35.0 Å². The molecule has 4 heteroatoms. The third-order valence-electron chi connectivity index (χ3n) is 1.57. The van der Waals surface area contributed by atoms with E-state index in [0.29, 0.717) is 0 Å². The normalized spacial score (nSPS) is 10.6. The van der Waals surface area contributed by atoms with Crippen molar-refractivity contribution in [3.63, 3.8) is 0 Å². The molecule has 0 radical (unpaired) electrons. The van der Waals surface area contributed by atoms with E-state index in [1.165, 1.54) is 8.70 Å².